The fourth-order valence-electron chi connectivity index (χ4n) is 7.72. The fourth-order valence-corrected chi connectivity index (χ4v) is 7.88. The summed E-state index contributed by atoms with van der Waals surface area (Å²) in [5.74, 6) is -0.989. The smallest absolute Gasteiger partial charge is 1.00 e. The standard InChI is InChI=1S/C24H22N4O7.C17H18N2O3.C7H5ClN2O4.Na.H/c1-14(2)35-24(29)23-19(13-34-3)22-18-6-4-5-7-20(18)26(21(22)11-25-23)12-15-8-16(27(30)31)10-17(9-15)28(32)33;1-10(2)22-17(20)16-12(9-21-3)15-11-6-4-5-7-13(11)19-14(15)8-18-16;8-4-5-1-6(9(11)12)3-7(2-5)10(13)14;;/h4-11,14H,12-13H2,1-3H3;4-8,10,19H,9H2,1-3H3;1-3H,4H2;;/q;;;+1;-1. The first-order valence-electron chi connectivity index (χ1n) is 21.5. The second-order valence-electron chi connectivity index (χ2n) is 16.1. The predicted octanol–water partition coefficient (Wildman–Crippen LogP) is 7.55. The Balaban J connectivity index is 0.000000260. The third kappa shape index (κ3) is 12.7. The van der Waals surface area contributed by atoms with Crippen molar-refractivity contribution in [2.45, 2.75) is 65.5 Å². The number of nitrogens with one attached hydrogen (secondary N) is 1. The zero-order chi connectivity index (χ0) is 51.7. The molecule has 0 aliphatic rings. The Labute approximate surface area is 437 Å². The molecule has 22 nitrogen and oxygen atoms in total. The molecule has 72 heavy (non-hydrogen) atoms. The van der Waals surface area contributed by atoms with E-state index in [0.717, 1.165) is 55.8 Å². The molecule has 0 atom stereocenters. The van der Waals surface area contributed by atoms with Crippen molar-refractivity contribution in [3.8, 4) is 0 Å². The number of nitro groups is 4. The molecule has 4 aromatic heterocycles. The Morgan fingerprint density at radius 2 is 1.07 bits per heavy atom. The number of ether oxygens (including phenoxy) is 4. The second kappa shape index (κ2) is 24.6. The Kier molecular flexibility index (Phi) is 18.9. The van der Waals surface area contributed by atoms with E-state index in [1.165, 1.54) is 37.6 Å². The molecular weight excluding hydrogens is 971 g/mol. The summed E-state index contributed by atoms with van der Waals surface area (Å²) in [6.07, 6.45) is 2.69. The third-order valence-corrected chi connectivity index (χ3v) is 10.8. The summed E-state index contributed by atoms with van der Waals surface area (Å²) < 4.78 is 23.2. The first-order valence-corrected chi connectivity index (χ1v) is 22.0. The average molecular weight is 1020 g/mol. The van der Waals surface area contributed by atoms with E-state index >= 15 is 0 Å². The minimum Gasteiger partial charge on any atom is -1.00 e. The molecule has 24 heteroatoms. The first-order chi connectivity index (χ1) is 33.9. The molecule has 4 aromatic carbocycles. The molecule has 0 saturated heterocycles. The zero-order valence-electron chi connectivity index (χ0n) is 40.9. The van der Waals surface area contributed by atoms with Gasteiger partial charge in [-0.25, -0.2) is 19.6 Å². The number of aromatic nitrogens is 4. The maximum absolute atomic E-state index is 12.8. The summed E-state index contributed by atoms with van der Waals surface area (Å²) in [7, 11) is 3.11. The van der Waals surface area contributed by atoms with Gasteiger partial charge in [0.05, 0.1) is 80.7 Å². The number of pyridine rings is 2. The molecule has 4 heterocycles. The van der Waals surface area contributed by atoms with E-state index in [9.17, 15) is 50.0 Å². The Morgan fingerprint density at radius 3 is 1.54 bits per heavy atom. The first kappa shape index (κ1) is 55.5. The van der Waals surface area contributed by atoms with Gasteiger partial charge >= 0.3 is 41.5 Å². The average Bonchev–Trinajstić information content (AvgIpc) is 3.87. The summed E-state index contributed by atoms with van der Waals surface area (Å²) in [5.41, 5.74) is 4.41. The fraction of sp³-hybridized carbons (Fsp3) is 0.250. The number of hydrogen-bond donors (Lipinski definition) is 1. The van der Waals surface area contributed by atoms with E-state index in [1.54, 1.807) is 27.2 Å². The normalized spacial score (nSPS) is 10.9. The largest absolute Gasteiger partial charge is 1.00 e. The molecule has 1 N–H and O–H groups in total. The molecule has 0 unspecified atom stereocenters. The maximum atomic E-state index is 12.8. The van der Waals surface area contributed by atoms with Gasteiger partial charge in [-0.1, -0.05) is 36.4 Å². The van der Waals surface area contributed by atoms with Crippen molar-refractivity contribution < 1.29 is 79.2 Å². The second-order valence-corrected chi connectivity index (χ2v) is 16.4. The van der Waals surface area contributed by atoms with Crippen molar-refractivity contribution in [1.29, 1.82) is 0 Å². The van der Waals surface area contributed by atoms with Crippen molar-refractivity contribution in [2.75, 3.05) is 14.2 Å². The van der Waals surface area contributed by atoms with Gasteiger partial charge in [0.15, 0.2) is 11.4 Å². The number of alkyl halides is 1. The molecule has 0 aliphatic carbocycles. The van der Waals surface area contributed by atoms with Crippen LogP contribution in [0.5, 0.6) is 0 Å². The maximum Gasteiger partial charge on any atom is 1.00 e. The number of fused-ring (bicyclic) bond motifs is 6. The van der Waals surface area contributed by atoms with Crippen LogP contribution in [-0.4, -0.2) is 77.6 Å². The number of nitro benzene ring substituents is 4. The van der Waals surface area contributed by atoms with Gasteiger partial charge in [0, 0.05) is 94.6 Å². The molecular formula is C48H46ClN8NaO14. The number of esters is 2. The molecule has 8 rings (SSSR count). The third-order valence-electron chi connectivity index (χ3n) is 10.5. The number of H-pyrrole nitrogens is 1. The van der Waals surface area contributed by atoms with Crippen molar-refractivity contribution in [3.63, 3.8) is 0 Å². The number of nitrogens with zero attached hydrogens (tertiary/aromatic N) is 7. The van der Waals surface area contributed by atoms with Crippen molar-refractivity contribution in [3.05, 3.63) is 171 Å². The van der Waals surface area contributed by atoms with Crippen LogP contribution in [0.4, 0.5) is 22.7 Å². The molecule has 370 valence electrons. The number of carbonyl (C=O) groups is 2. The van der Waals surface area contributed by atoms with Crippen LogP contribution in [-0.2, 0) is 44.6 Å². The molecule has 8 aromatic rings. The zero-order valence-corrected chi connectivity index (χ0v) is 42.7. The molecule has 0 spiro atoms. The Hall–Kier alpha value is -7.47. The quantitative estimate of drug-likeness (QED) is 0.0341. The summed E-state index contributed by atoms with van der Waals surface area (Å²) >= 11 is 5.44. The minimum absolute atomic E-state index is 0. The predicted molar refractivity (Wildman–Crippen MR) is 263 cm³/mol. The Bertz CT molecular complexity index is 3300. The van der Waals surface area contributed by atoms with Gasteiger partial charge in [0.25, 0.3) is 22.7 Å². The van der Waals surface area contributed by atoms with Gasteiger partial charge in [-0.3, -0.25) is 40.5 Å². The molecule has 0 fully saturated rings. The number of rotatable bonds is 15. The van der Waals surface area contributed by atoms with Gasteiger partial charge in [-0.2, -0.15) is 0 Å². The number of non-ortho nitro benzene ring substituents is 4. The van der Waals surface area contributed by atoms with Crippen molar-refractivity contribution in [2.24, 2.45) is 0 Å². The van der Waals surface area contributed by atoms with Crippen LogP contribution >= 0.6 is 11.6 Å². The van der Waals surface area contributed by atoms with Crippen LogP contribution in [0.3, 0.4) is 0 Å². The van der Waals surface area contributed by atoms with Crippen molar-refractivity contribution >= 4 is 89.9 Å². The van der Waals surface area contributed by atoms with Crippen LogP contribution in [0.1, 0.15) is 72.4 Å². The van der Waals surface area contributed by atoms with E-state index in [-0.39, 0.29) is 90.7 Å². The monoisotopic (exact) mass is 1020 g/mol. The summed E-state index contributed by atoms with van der Waals surface area (Å²) in [5, 5.41) is 47.0. The van der Waals surface area contributed by atoms with E-state index < -0.39 is 31.6 Å². The number of hydrogen-bond acceptors (Lipinski definition) is 16. The van der Waals surface area contributed by atoms with Gasteiger partial charge < -0.3 is 29.9 Å². The van der Waals surface area contributed by atoms with Crippen LogP contribution in [0.2, 0.25) is 0 Å². The van der Waals surface area contributed by atoms with Crippen LogP contribution in [0.15, 0.2) is 97.3 Å². The number of halogens is 1. The Morgan fingerprint density at radius 1 is 0.625 bits per heavy atom. The number of aromatic amines is 1. The number of methoxy groups -OCH3 is 2. The number of carbonyl (C=O) groups excluding carboxylic acids is 2. The van der Waals surface area contributed by atoms with Crippen molar-refractivity contribution in [1.82, 2.24) is 19.5 Å². The van der Waals surface area contributed by atoms with E-state index in [0.29, 0.717) is 34.5 Å². The van der Waals surface area contributed by atoms with E-state index in [4.69, 9.17) is 30.5 Å². The molecule has 0 saturated carbocycles. The molecule has 0 aliphatic heterocycles. The van der Waals surface area contributed by atoms with Crippen LogP contribution in [0.25, 0.3) is 43.6 Å². The molecule has 0 bridgehead atoms. The summed E-state index contributed by atoms with van der Waals surface area (Å²) in [6, 6.07) is 22.3. The molecule has 0 amide bonds. The van der Waals surface area contributed by atoms with Crippen LogP contribution < -0.4 is 29.6 Å². The summed E-state index contributed by atoms with van der Waals surface area (Å²) in [6.45, 7) is 7.64. The van der Waals surface area contributed by atoms with Gasteiger partial charge in [0.1, 0.15) is 0 Å². The minimum atomic E-state index is -0.691. The SMILES string of the molecule is COCc1c(C(=O)OC(C)C)ncc2[nH]c3ccccc3c12.COCc1c(C(=O)OC(C)C)ncc2c1c1ccccc1n2Cc1cc([N+](=O)[O-])cc([N+](=O)[O-])c1.O=[N+]([O-])c1cc(CCl)cc([N+](=O)[O-])c1.[H-].[Na+]. The molecule has 0 radical (unpaired) electrons. The topological polar surface area (TPSA) is 290 Å². The van der Waals surface area contributed by atoms with E-state index in [1.807, 2.05) is 66.9 Å². The number of para-hydroxylation sites is 2. The summed E-state index contributed by atoms with van der Waals surface area (Å²) in [4.78, 5) is 77.8. The number of benzene rings is 4. The van der Waals surface area contributed by atoms with Gasteiger partial charge in [-0.15, -0.1) is 11.6 Å². The van der Waals surface area contributed by atoms with E-state index in [2.05, 4.69) is 15.0 Å². The van der Waals surface area contributed by atoms with Crippen LogP contribution in [0, 0.1) is 40.5 Å². The van der Waals surface area contributed by atoms with Gasteiger partial charge in [-0.05, 0) is 51.0 Å². The van der Waals surface area contributed by atoms with Gasteiger partial charge in [0.2, 0.25) is 0 Å².